The van der Waals surface area contributed by atoms with Crippen LogP contribution >= 0.6 is 11.6 Å². The van der Waals surface area contributed by atoms with Crippen molar-refractivity contribution in [2.75, 3.05) is 20.7 Å². The average molecular weight is 286 g/mol. The molecule has 1 aromatic rings. The standard InChI is InChI=1S/C14H20ClNO3/c1-10(17)9-16(2)14(18)7-5-11-4-6-13(19-3)12(15)8-11/h4,6,8,10,17H,5,7,9H2,1-3H3. The lowest BCUT2D eigenvalue weighted by molar-refractivity contribution is -0.131. The molecule has 0 radical (unpaired) electrons. The number of nitrogens with zero attached hydrogens (tertiary/aromatic N) is 1. The molecule has 4 nitrogen and oxygen atoms in total. The number of hydrogen-bond donors (Lipinski definition) is 1. The number of ether oxygens (including phenoxy) is 1. The molecule has 1 atom stereocenters. The summed E-state index contributed by atoms with van der Waals surface area (Å²) in [6.07, 6.45) is 0.503. The van der Waals surface area contributed by atoms with Crippen molar-refractivity contribution in [3.8, 4) is 5.75 Å². The Balaban J connectivity index is 2.52. The maximum atomic E-state index is 11.8. The van der Waals surface area contributed by atoms with E-state index in [0.29, 0.717) is 30.2 Å². The molecule has 5 heteroatoms. The van der Waals surface area contributed by atoms with Gasteiger partial charge in [0.15, 0.2) is 0 Å². The van der Waals surface area contributed by atoms with Crippen LogP contribution in [-0.2, 0) is 11.2 Å². The van der Waals surface area contributed by atoms with E-state index in [-0.39, 0.29) is 5.91 Å². The summed E-state index contributed by atoms with van der Waals surface area (Å²) in [5, 5.41) is 9.77. The number of hydrogen-bond acceptors (Lipinski definition) is 3. The summed E-state index contributed by atoms with van der Waals surface area (Å²) in [4.78, 5) is 13.4. The second-order valence-corrected chi connectivity index (χ2v) is 5.00. The van der Waals surface area contributed by atoms with Crippen molar-refractivity contribution in [3.63, 3.8) is 0 Å². The van der Waals surface area contributed by atoms with E-state index in [1.807, 2.05) is 12.1 Å². The van der Waals surface area contributed by atoms with E-state index < -0.39 is 6.10 Å². The number of methoxy groups -OCH3 is 1. The molecule has 0 fully saturated rings. The molecule has 0 bridgehead atoms. The van der Waals surface area contributed by atoms with Crippen molar-refractivity contribution in [3.05, 3.63) is 28.8 Å². The summed E-state index contributed by atoms with van der Waals surface area (Å²) in [7, 11) is 3.26. The van der Waals surface area contributed by atoms with Gasteiger partial charge in [0.05, 0.1) is 18.2 Å². The number of likely N-dealkylation sites (N-methyl/N-ethyl adjacent to an activating group) is 1. The van der Waals surface area contributed by atoms with Crippen LogP contribution in [0.3, 0.4) is 0 Å². The van der Waals surface area contributed by atoms with Crippen molar-refractivity contribution in [1.82, 2.24) is 4.90 Å². The topological polar surface area (TPSA) is 49.8 Å². The lowest BCUT2D eigenvalue weighted by Crippen LogP contribution is -2.33. The fourth-order valence-electron chi connectivity index (χ4n) is 1.81. The number of amides is 1. The molecule has 0 aliphatic carbocycles. The van der Waals surface area contributed by atoms with Gasteiger partial charge < -0.3 is 14.7 Å². The highest BCUT2D eigenvalue weighted by molar-refractivity contribution is 6.32. The van der Waals surface area contributed by atoms with Gasteiger partial charge in [0.1, 0.15) is 5.75 Å². The van der Waals surface area contributed by atoms with Crippen LogP contribution < -0.4 is 4.74 Å². The van der Waals surface area contributed by atoms with Crippen LogP contribution in [0.1, 0.15) is 18.9 Å². The average Bonchev–Trinajstić information content (AvgIpc) is 2.35. The third-order valence-electron chi connectivity index (χ3n) is 2.81. The molecule has 0 aliphatic heterocycles. The molecule has 1 amide bonds. The van der Waals surface area contributed by atoms with Gasteiger partial charge in [-0.15, -0.1) is 0 Å². The molecule has 0 aromatic heterocycles. The normalized spacial score (nSPS) is 12.1. The van der Waals surface area contributed by atoms with Crippen molar-refractivity contribution in [1.29, 1.82) is 0 Å². The molecule has 1 aromatic carbocycles. The molecular formula is C14H20ClNO3. The van der Waals surface area contributed by atoms with E-state index >= 15 is 0 Å². The van der Waals surface area contributed by atoms with E-state index in [2.05, 4.69) is 0 Å². The van der Waals surface area contributed by atoms with Crippen LogP contribution in [0.25, 0.3) is 0 Å². The first-order valence-electron chi connectivity index (χ1n) is 6.18. The van der Waals surface area contributed by atoms with Crippen molar-refractivity contribution in [2.24, 2.45) is 0 Å². The smallest absolute Gasteiger partial charge is 0.222 e. The highest BCUT2D eigenvalue weighted by Crippen LogP contribution is 2.25. The SMILES string of the molecule is COc1ccc(CCC(=O)N(C)CC(C)O)cc1Cl. The maximum Gasteiger partial charge on any atom is 0.222 e. The van der Waals surface area contributed by atoms with Crippen molar-refractivity contribution >= 4 is 17.5 Å². The Hall–Kier alpha value is -1.26. The van der Waals surface area contributed by atoms with Gasteiger partial charge in [-0.1, -0.05) is 17.7 Å². The fourth-order valence-corrected chi connectivity index (χ4v) is 2.09. The van der Waals surface area contributed by atoms with Gasteiger partial charge in [0.2, 0.25) is 5.91 Å². The first kappa shape index (κ1) is 15.8. The molecule has 19 heavy (non-hydrogen) atoms. The Morgan fingerprint density at radius 3 is 2.74 bits per heavy atom. The highest BCUT2D eigenvalue weighted by atomic mass is 35.5. The zero-order valence-electron chi connectivity index (χ0n) is 11.5. The van der Waals surface area contributed by atoms with Crippen LogP contribution in [0.2, 0.25) is 5.02 Å². The molecule has 1 unspecified atom stereocenters. The fraction of sp³-hybridized carbons (Fsp3) is 0.500. The van der Waals surface area contributed by atoms with E-state index in [9.17, 15) is 9.90 Å². The highest BCUT2D eigenvalue weighted by Gasteiger charge is 2.11. The van der Waals surface area contributed by atoms with Crippen LogP contribution in [0.15, 0.2) is 18.2 Å². The lowest BCUT2D eigenvalue weighted by Gasteiger charge is -2.18. The van der Waals surface area contributed by atoms with E-state index in [1.54, 1.807) is 27.1 Å². The number of aryl methyl sites for hydroxylation is 1. The second kappa shape index (κ2) is 7.36. The van der Waals surface area contributed by atoms with Gasteiger partial charge in [-0.25, -0.2) is 0 Å². The van der Waals surface area contributed by atoms with E-state index in [0.717, 1.165) is 5.56 Å². The van der Waals surface area contributed by atoms with Crippen LogP contribution in [-0.4, -0.2) is 42.7 Å². The molecular weight excluding hydrogens is 266 g/mol. The monoisotopic (exact) mass is 285 g/mol. The van der Waals surface area contributed by atoms with Crippen LogP contribution in [0, 0.1) is 0 Å². The van der Waals surface area contributed by atoms with Gasteiger partial charge in [-0.3, -0.25) is 4.79 Å². The summed E-state index contributed by atoms with van der Waals surface area (Å²) in [6, 6.07) is 5.50. The van der Waals surface area contributed by atoms with Gasteiger partial charge in [-0.05, 0) is 31.0 Å². The number of aliphatic hydroxyl groups excluding tert-OH is 1. The minimum Gasteiger partial charge on any atom is -0.495 e. The summed E-state index contributed by atoms with van der Waals surface area (Å²) >= 11 is 6.02. The van der Waals surface area contributed by atoms with E-state index in [1.165, 1.54) is 4.90 Å². The number of benzene rings is 1. The van der Waals surface area contributed by atoms with Crippen LogP contribution in [0.4, 0.5) is 0 Å². The third kappa shape index (κ3) is 5.09. The number of halogens is 1. The Morgan fingerprint density at radius 2 is 2.21 bits per heavy atom. The first-order valence-corrected chi connectivity index (χ1v) is 6.56. The Labute approximate surface area is 118 Å². The minimum absolute atomic E-state index is 0.00726. The molecule has 0 spiro atoms. The van der Waals surface area contributed by atoms with Crippen molar-refractivity contribution < 1.29 is 14.6 Å². The van der Waals surface area contributed by atoms with Gasteiger partial charge in [0, 0.05) is 20.0 Å². The predicted octanol–water partition coefficient (Wildman–Crippen LogP) is 2.12. The lowest BCUT2D eigenvalue weighted by atomic mass is 10.1. The molecule has 0 heterocycles. The number of carbonyl (C=O) groups excluding carboxylic acids is 1. The zero-order chi connectivity index (χ0) is 14.4. The molecule has 1 rings (SSSR count). The number of aliphatic hydroxyl groups is 1. The third-order valence-corrected chi connectivity index (χ3v) is 3.10. The van der Waals surface area contributed by atoms with Crippen molar-refractivity contribution in [2.45, 2.75) is 25.9 Å². The Morgan fingerprint density at radius 1 is 1.53 bits per heavy atom. The zero-order valence-corrected chi connectivity index (χ0v) is 12.3. The largest absolute Gasteiger partial charge is 0.495 e. The molecule has 1 N–H and O–H groups in total. The maximum absolute atomic E-state index is 11.8. The summed E-state index contributed by atoms with van der Waals surface area (Å²) in [5.41, 5.74) is 0.990. The molecule has 0 aliphatic rings. The Bertz CT molecular complexity index is 435. The van der Waals surface area contributed by atoms with Gasteiger partial charge in [0.25, 0.3) is 0 Å². The quantitative estimate of drug-likeness (QED) is 0.871. The number of rotatable bonds is 6. The summed E-state index contributed by atoms with van der Waals surface area (Å²) < 4.78 is 5.07. The molecule has 0 saturated carbocycles. The van der Waals surface area contributed by atoms with Gasteiger partial charge >= 0.3 is 0 Å². The Kier molecular flexibility index (Phi) is 6.12. The summed E-state index contributed by atoms with van der Waals surface area (Å²) in [5.74, 6) is 0.635. The van der Waals surface area contributed by atoms with E-state index in [4.69, 9.17) is 16.3 Å². The second-order valence-electron chi connectivity index (χ2n) is 4.59. The minimum atomic E-state index is -0.510. The summed E-state index contributed by atoms with van der Waals surface area (Å²) in [6.45, 7) is 2.01. The first-order chi connectivity index (χ1) is 8.93. The molecule has 0 saturated heterocycles. The number of carbonyl (C=O) groups is 1. The van der Waals surface area contributed by atoms with Gasteiger partial charge in [-0.2, -0.15) is 0 Å². The predicted molar refractivity (Wildman–Crippen MR) is 75.6 cm³/mol. The molecule has 106 valence electrons. The van der Waals surface area contributed by atoms with Crippen LogP contribution in [0.5, 0.6) is 5.75 Å².